The van der Waals surface area contributed by atoms with E-state index >= 15 is 0 Å². The Hall–Kier alpha value is -1.36. The van der Waals surface area contributed by atoms with Crippen LogP contribution in [0.1, 0.15) is 42.7 Å². The Morgan fingerprint density at radius 2 is 2.26 bits per heavy atom. The van der Waals surface area contributed by atoms with Gasteiger partial charge in [0.1, 0.15) is 0 Å². The van der Waals surface area contributed by atoms with Crippen LogP contribution >= 0.6 is 0 Å². The Bertz CT molecular complexity index is 450. The van der Waals surface area contributed by atoms with Gasteiger partial charge in [-0.05, 0) is 38.6 Å². The van der Waals surface area contributed by atoms with E-state index in [1.165, 1.54) is 19.3 Å². The molecule has 0 radical (unpaired) electrons. The van der Waals surface area contributed by atoms with E-state index in [9.17, 15) is 4.79 Å². The number of nitrogens with zero attached hydrogens (tertiary/aromatic N) is 3. The van der Waals surface area contributed by atoms with Crippen LogP contribution in [0.3, 0.4) is 0 Å². The zero-order valence-electron chi connectivity index (χ0n) is 11.5. The molecule has 0 saturated carbocycles. The minimum atomic E-state index is 0.0888. The van der Waals surface area contributed by atoms with E-state index in [0.717, 1.165) is 25.9 Å². The van der Waals surface area contributed by atoms with Crippen molar-refractivity contribution in [1.82, 2.24) is 19.8 Å². The first-order valence-electron chi connectivity index (χ1n) is 7.29. The van der Waals surface area contributed by atoms with Crippen molar-refractivity contribution >= 4 is 5.91 Å². The molecule has 0 bridgehead atoms. The van der Waals surface area contributed by atoms with Gasteiger partial charge < -0.3 is 14.8 Å². The van der Waals surface area contributed by atoms with E-state index in [1.807, 2.05) is 17.8 Å². The lowest BCUT2D eigenvalue weighted by molar-refractivity contribution is 0.0547. The molecule has 2 atom stereocenters. The van der Waals surface area contributed by atoms with Crippen molar-refractivity contribution in [2.45, 2.75) is 44.2 Å². The molecule has 19 heavy (non-hydrogen) atoms. The number of hydrogen-bond donors (Lipinski definition) is 1. The summed E-state index contributed by atoms with van der Waals surface area (Å²) in [4.78, 5) is 18.9. The number of amides is 1. The Kier molecular flexibility index (Phi) is 3.55. The van der Waals surface area contributed by atoms with E-state index in [-0.39, 0.29) is 5.91 Å². The van der Waals surface area contributed by atoms with Crippen molar-refractivity contribution in [2.24, 2.45) is 7.05 Å². The van der Waals surface area contributed by atoms with Gasteiger partial charge in [0, 0.05) is 38.1 Å². The summed E-state index contributed by atoms with van der Waals surface area (Å²) in [6.07, 6.45) is 9.40. The zero-order chi connectivity index (χ0) is 13.2. The van der Waals surface area contributed by atoms with Gasteiger partial charge in [-0.15, -0.1) is 0 Å². The lowest BCUT2D eigenvalue weighted by Crippen LogP contribution is -2.53. The van der Waals surface area contributed by atoms with Crippen LogP contribution < -0.4 is 5.32 Å². The summed E-state index contributed by atoms with van der Waals surface area (Å²) in [5.41, 5.74) is 0. The SMILES string of the molecule is Cn1ccnc1C(=O)N1CCCCC1C1CCCN1. The fourth-order valence-electron chi connectivity index (χ4n) is 3.37. The zero-order valence-corrected chi connectivity index (χ0v) is 11.5. The largest absolute Gasteiger partial charge is 0.331 e. The molecule has 5 nitrogen and oxygen atoms in total. The van der Waals surface area contributed by atoms with E-state index in [2.05, 4.69) is 15.2 Å². The Balaban J connectivity index is 1.80. The van der Waals surface area contributed by atoms with Gasteiger partial charge in [-0.25, -0.2) is 4.98 Å². The molecule has 104 valence electrons. The smallest absolute Gasteiger partial charge is 0.290 e. The predicted octanol–water partition coefficient (Wildman–Crippen LogP) is 1.17. The minimum absolute atomic E-state index is 0.0888. The lowest BCUT2D eigenvalue weighted by Gasteiger charge is -2.39. The van der Waals surface area contributed by atoms with Crippen molar-refractivity contribution in [2.75, 3.05) is 13.1 Å². The second-order valence-electron chi connectivity index (χ2n) is 5.63. The van der Waals surface area contributed by atoms with Gasteiger partial charge in [-0.3, -0.25) is 4.79 Å². The van der Waals surface area contributed by atoms with Gasteiger partial charge >= 0.3 is 0 Å². The number of aryl methyl sites for hydroxylation is 1. The Morgan fingerprint density at radius 3 is 2.95 bits per heavy atom. The van der Waals surface area contributed by atoms with Crippen LogP contribution in [-0.2, 0) is 7.05 Å². The maximum absolute atomic E-state index is 12.7. The van der Waals surface area contributed by atoms with Gasteiger partial charge in [-0.1, -0.05) is 0 Å². The van der Waals surface area contributed by atoms with E-state index < -0.39 is 0 Å². The third-order valence-corrected chi connectivity index (χ3v) is 4.39. The Morgan fingerprint density at radius 1 is 1.37 bits per heavy atom. The standard InChI is InChI=1S/C14H22N4O/c1-17-10-8-16-13(17)14(19)18-9-3-2-6-12(18)11-5-4-7-15-11/h8,10-12,15H,2-7,9H2,1H3. The molecular formula is C14H22N4O. The highest BCUT2D eigenvalue weighted by Crippen LogP contribution is 2.25. The maximum atomic E-state index is 12.7. The quantitative estimate of drug-likeness (QED) is 0.870. The maximum Gasteiger partial charge on any atom is 0.290 e. The molecule has 5 heteroatoms. The number of carbonyl (C=O) groups is 1. The van der Waals surface area contributed by atoms with E-state index in [0.29, 0.717) is 17.9 Å². The average Bonchev–Trinajstić information content (AvgIpc) is 3.09. The molecule has 0 aliphatic carbocycles. The van der Waals surface area contributed by atoms with Crippen LogP contribution in [0.15, 0.2) is 12.4 Å². The molecule has 2 aliphatic rings. The number of hydrogen-bond acceptors (Lipinski definition) is 3. The summed E-state index contributed by atoms with van der Waals surface area (Å²) >= 11 is 0. The molecule has 1 aromatic heterocycles. The molecule has 1 N–H and O–H groups in total. The average molecular weight is 262 g/mol. The lowest BCUT2D eigenvalue weighted by atomic mass is 9.94. The van der Waals surface area contributed by atoms with Crippen molar-refractivity contribution in [3.63, 3.8) is 0 Å². The summed E-state index contributed by atoms with van der Waals surface area (Å²) in [5, 5.41) is 3.55. The summed E-state index contributed by atoms with van der Waals surface area (Å²) in [7, 11) is 1.88. The molecule has 0 aromatic carbocycles. The molecule has 2 saturated heterocycles. The normalized spacial score (nSPS) is 27.7. The van der Waals surface area contributed by atoms with Crippen LogP contribution in [0.5, 0.6) is 0 Å². The highest BCUT2D eigenvalue weighted by Gasteiger charge is 2.35. The van der Waals surface area contributed by atoms with Crippen molar-refractivity contribution in [3.05, 3.63) is 18.2 Å². The van der Waals surface area contributed by atoms with E-state index in [4.69, 9.17) is 0 Å². The van der Waals surface area contributed by atoms with Gasteiger partial charge in [0.2, 0.25) is 0 Å². The fraction of sp³-hybridized carbons (Fsp3) is 0.714. The summed E-state index contributed by atoms with van der Waals surface area (Å²) in [5.74, 6) is 0.649. The van der Waals surface area contributed by atoms with Crippen molar-refractivity contribution in [1.29, 1.82) is 0 Å². The minimum Gasteiger partial charge on any atom is -0.331 e. The highest BCUT2D eigenvalue weighted by atomic mass is 16.2. The first-order valence-corrected chi connectivity index (χ1v) is 7.29. The number of carbonyl (C=O) groups excluding carboxylic acids is 1. The second kappa shape index (κ2) is 5.33. The van der Waals surface area contributed by atoms with Crippen molar-refractivity contribution in [3.8, 4) is 0 Å². The third-order valence-electron chi connectivity index (χ3n) is 4.39. The number of imidazole rings is 1. The topological polar surface area (TPSA) is 50.2 Å². The van der Waals surface area contributed by atoms with Crippen LogP contribution in [0.25, 0.3) is 0 Å². The first kappa shape index (κ1) is 12.7. The highest BCUT2D eigenvalue weighted by molar-refractivity contribution is 5.91. The van der Waals surface area contributed by atoms with Gasteiger partial charge in [-0.2, -0.15) is 0 Å². The van der Waals surface area contributed by atoms with E-state index in [1.54, 1.807) is 6.20 Å². The molecule has 2 unspecified atom stereocenters. The van der Waals surface area contributed by atoms with Gasteiger partial charge in [0.15, 0.2) is 5.82 Å². The van der Waals surface area contributed by atoms with Gasteiger partial charge in [0.05, 0.1) is 0 Å². The summed E-state index contributed by atoms with van der Waals surface area (Å²) in [6, 6.07) is 0.824. The van der Waals surface area contributed by atoms with Crippen molar-refractivity contribution < 1.29 is 4.79 Å². The number of piperidine rings is 1. The summed E-state index contributed by atoms with van der Waals surface area (Å²) in [6.45, 7) is 1.96. The number of likely N-dealkylation sites (tertiary alicyclic amines) is 1. The fourth-order valence-corrected chi connectivity index (χ4v) is 3.37. The molecule has 1 aromatic rings. The molecule has 2 fully saturated rings. The first-order chi connectivity index (χ1) is 9.27. The molecule has 2 aliphatic heterocycles. The predicted molar refractivity (Wildman–Crippen MR) is 72.9 cm³/mol. The van der Waals surface area contributed by atoms with Crippen LogP contribution in [-0.4, -0.2) is 45.5 Å². The number of rotatable bonds is 2. The number of nitrogens with one attached hydrogen (secondary N) is 1. The van der Waals surface area contributed by atoms with Gasteiger partial charge in [0.25, 0.3) is 5.91 Å². The molecule has 3 rings (SSSR count). The van der Waals surface area contributed by atoms with Crippen LogP contribution in [0, 0.1) is 0 Å². The third kappa shape index (κ3) is 2.39. The Labute approximate surface area is 114 Å². The molecule has 1 amide bonds. The second-order valence-corrected chi connectivity index (χ2v) is 5.63. The molecule has 0 spiro atoms. The molecule has 3 heterocycles. The van der Waals surface area contributed by atoms with Crippen LogP contribution in [0.4, 0.5) is 0 Å². The van der Waals surface area contributed by atoms with Crippen LogP contribution in [0.2, 0.25) is 0 Å². The monoisotopic (exact) mass is 262 g/mol. The molecular weight excluding hydrogens is 240 g/mol. The number of aromatic nitrogens is 2. The summed E-state index contributed by atoms with van der Waals surface area (Å²) < 4.78 is 1.82.